The highest BCUT2D eigenvalue weighted by atomic mass is 127. The lowest BCUT2D eigenvalue weighted by Crippen LogP contribution is -2.38. The molecule has 5 rings (SSSR count). The number of benzene rings is 3. The Morgan fingerprint density at radius 3 is 1.62 bits per heavy atom. The second kappa shape index (κ2) is 8.51. The Hall–Kier alpha value is -2.99. The number of rotatable bonds is 5. The molecule has 0 radical (unpaired) electrons. The van der Waals surface area contributed by atoms with Crippen molar-refractivity contribution in [3.05, 3.63) is 129 Å². The van der Waals surface area contributed by atoms with Crippen LogP contribution in [0.15, 0.2) is 103 Å². The van der Waals surface area contributed by atoms with E-state index < -0.39 is 5.54 Å². The highest BCUT2D eigenvalue weighted by Crippen LogP contribution is 2.43. The Morgan fingerprint density at radius 2 is 1.19 bits per heavy atom. The Bertz CT molecular complexity index is 1250. The fourth-order valence-corrected chi connectivity index (χ4v) is 5.25. The second-order valence-corrected chi connectivity index (χ2v) is 9.41. The van der Waals surface area contributed by atoms with E-state index in [1.165, 1.54) is 3.57 Å². The summed E-state index contributed by atoms with van der Waals surface area (Å²) in [5.41, 5.74) is 4.77. The second-order valence-electron chi connectivity index (χ2n) is 8.25. The van der Waals surface area contributed by atoms with Crippen LogP contribution in [0.4, 0.5) is 0 Å². The summed E-state index contributed by atoms with van der Waals surface area (Å²) in [6, 6.07) is 34.0. The van der Waals surface area contributed by atoms with Crippen molar-refractivity contribution in [2.45, 2.75) is 25.3 Å². The molecular weight excluding hydrogens is 505 g/mol. The van der Waals surface area contributed by atoms with Crippen molar-refractivity contribution in [2.24, 2.45) is 0 Å². The molecule has 0 aliphatic heterocycles. The third-order valence-electron chi connectivity index (χ3n) is 5.98. The Kier molecular flexibility index (Phi) is 5.55. The van der Waals surface area contributed by atoms with Crippen LogP contribution in [0.3, 0.4) is 0 Å². The molecule has 0 unspecified atom stereocenters. The van der Waals surface area contributed by atoms with E-state index in [0.717, 1.165) is 33.4 Å². The lowest BCUT2D eigenvalue weighted by atomic mass is 9.77. The van der Waals surface area contributed by atoms with Gasteiger partial charge in [-0.05, 0) is 51.3 Å². The monoisotopic (exact) mass is 529 g/mol. The molecule has 32 heavy (non-hydrogen) atoms. The van der Waals surface area contributed by atoms with Crippen molar-refractivity contribution >= 4 is 33.6 Å². The predicted octanol–water partition coefficient (Wildman–Crippen LogP) is 7.00. The molecule has 0 N–H and O–H groups in total. The van der Waals surface area contributed by atoms with Crippen molar-refractivity contribution in [2.75, 3.05) is 0 Å². The van der Waals surface area contributed by atoms with Crippen molar-refractivity contribution in [3.63, 3.8) is 0 Å². The van der Waals surface area contributed by atoms with Gasteiger partial charge in [-0.2, -0.15) is 5.10 Å². The number of fused-ring (bicyclic) bond motifs is 1. The van der Waals surface area contributed by atoms with Gasteiger partial charge in [0.05, 0.1) is 11.1 Å². The molecule has 0 bridgehead atoms. The van der Waals surface area contributed by atoms with Gasteiger partial charge >= 0.3 is 0 Å². The molecule has 0 atom stereocenters. The fourth-order valence-electron chi connectivity index (χ4n) is 4.57. The molecule has 0 fully saturated rings. The van der Waals surface area contributed by atoms with Gasteiger partial charge in [-0.1, -0.05) is 105 Å². The van der Waals surface area contributed by atoms with Crippen molar-refractivity contribution in [1.82, 2.24) is 14.8 Å². The molecule has 3 aromatic carbocycles. The molecule has 0 spiro atoms. The molecule has 0 aliphatic rings. The molecule has 0 saturated heterocycles. The van der Waals surface area contributed by atoms with E-state index in [9.17, 15) is 0 Å². The summed E-state index contributed by atoms with van der Waals surface area (Å²) in [5, 5.41) is 6.44. The molecule has 3 nitrogen and oxygen atoms in total. The maximum atomic E-state index is 5.30. The first-order chi connectivity index (χ1) is 15.6. The number of pyridine rings is 1. The standard InChI is InChI=1S/C28H24IN3/c1-20(2)26-25-24(29)18-19-30-27(25)32(31-26)28(21-12-6-3-7-13-21,22-14-8-4-9-15-22)23-16-10-5-11-17-23/h3-20H,1-2H3. The molecule has 158 valence electrons. The van der Waals surface area contributed by atoms with Crippen LogP contribution in [0.5, 0.6) is 0 Å². The van der Waals surface area contributed by atoms with E-state index in [1.807, 2.05) is 6.20 Å². The van der Waals surface area contributed by atoms with Crippen LogP contribution in [0.25, 0.3) is 11.0 Å². The van der Waals surface area contributed by atoms with Gasteiger partial charge in [0.15, 0.2) is 5.65 Å². The van der Waals surface area contributed by atoms with Gasteiger partial charge in [0.2, 0.25) is 0 Å². The van der Waals surface area contributed by atoms with Crippen LogP contribution in [0.1, 0.15) is 42.1 Å². The molecular formula is C28H24IN3. The Balaban J connectivity index is 2.01. The molecule has 2 aromatic heterocycles. The minimum absolute atomic E-state index is 0.275. The topological polar surface area (TPSA) is 30.7 Å². The molecule has 0 amide bonds. The van der Waals surface area contributed by atoms with E-state index in [1.54, 1.807) is 0 Å². The lowest BCUT2D eigenvalue weighted by molar-refractivity contribution is 0.465. The van der Waals surface area contributed by atoms with Crippen LogP contribution in [0, 0.1) is 3.57 Å². The minimum Gasteiger partial charge on any atom is -0.237 e. The summed E-state index contributed by atoms with van der Waals surface area (Å²) in [6.07, 6.45) is 1.89. The average Bonchev–Trinajstić information content (AvgIpc) is 3.24. The summed E-state index contributed by atoms with van der Waals surface area (Å²) in [5.74, 6) is 0.275. The number of aromatic nitrogens is 3. The van der Waals surface area contributed by atoms with Gasteiger partial charge in [0, 0.05) is 9.77 Å². The van der Waals surface area contributed by atoms with Crippen molar-refractivity contribution in [3.8, 4) is 0 Å². The van der Waals surface area contributed by atoms with Gasteiger partial charge < -0.3 is 0 Å². The number of halogens is 1. The zero-order valence-corrected chi connectivity index (χ0v) is 20.3. The van der Waals surface area contributed by atoms with E-state index in [2.05, 4.69) is 138 Å². The van der Waals surface area contributed by atoms with E-state index in [4.69, 9.17) is 10.1 Å². The lowest BCUT2D eigenvalue weighted by Gasteiger charge is -2.36. The SMILES string of the molecule is CC(C)c1nn(C(c2ccccc2)(c2ccccc2)c2ccccc2)c2nccc(I)c12. The Labute approximate surface area is 202 Å². The summed E-state index contributed by atoms with van der Waals surface area (Å²) in [7, 11) is 0. The van der Waals surface area contributed by atoms with Crippen LogP contribution < -0.4 is 0 Å². The zero-order valence-electron chi connectivity index (χ0n) is 18.1. The smallest absolute Gasteiger partial charge is 0.160 e. The summed E-state index contributed by atoms with van der Waals surface area (Å²) < 4.78 is 3.32. The van der Waals surface area contributed by atoms with Gasteiger partial charge in [-0.25, -0.2) is 9.67 Å². The van der Waals surface area contributed by atoms with Crippen LogP contribution in [0.2, 0.25) is 0 Å². The first-order valence-corrected chi connectivity index (χ1v) is 11.9. The summed E-state index contributed by atoms with van der Waals surface area (Å²) >= 11 is 2.41. The highest BCUT2D eigenvalue weighted by molar-refractivity contribution is 14.1. The maximum absolute atomic E-state index is 5.30. The predicted molar refractivity (Wildman–Crippen MR) is 139 cm³/mol. The van der Waals surface area contributed by atoms with E-state index in [0.29, 0.717) is 0 Å². The van der Waals surface area contributed by atoms with Crippen LogP contribution >= 0.6 is 22.6 Å². The first-order valence-electron chi connectivity index (χ1n) is 10.8. The molecule has 0 saturated carbocycles. The fraction of sp³-hybridized carbons (Fsp3) is 0.143. The zero-order chi connectivity index (χ0) is 22.1. The normalized spacial score (nSPS) is 11.9. The molecule has 0 aliphatic carbocycles. The third-order valence-corrected chi connectivity index (χ3v) is 6.88. The first kappa shape index (κ1) is 20.9. The van der Waals surface area contributed by atoms with Gasteiger partial charge in [0.1, 0.15) is 5.54 Å². The third kappa shape index (κ3) is 3.25. The molecule has 2 heterocycles. The van der Waals surface area contributed by atoms with Gasteiger partial charge in [-0.15, -0.1) is 0 Å². The Morgan fingerprint density at radius 1 is 0.719 bits per heavy atom. The number of hydrogen-bond donors (Lipinski definition) is 0. The van der Waals surface area contributed by atoms with Crippen LogP contribution in [-0.2, 0) is 5.54 Å². The van der Waals surface area contributed by atoms with Gasteiger partial charge in [-0.3, -0.25) is 0 Å². The molecule has 5 aromatic rings. The van der Waals surface area contributed by atoms with Crippen molar-refractivity contribution < 1.29 is 0 Å². The number of nitrogens with zero attached hydrogens (tertiary/aromatic N) is 3. The maximum Gasteiger partial charge on any atom is 0.160 e. The number of hydrogen-bond acceptors (Lipinski definition) is 2. The molecule has 4 heteroatoms. The van der Waals surface area contributed by atoms with Gasteiger partial charge in [0.25, 0.3) is 0 Å². The highest BCUT2D eigenvalue weighted by Gasteiger charge is 2.41. The van der Waals surface area contributed by atoms with Crippen molar-refractivity contribution in [1.29, 1.82) is 0 Å². The average molecular weight is 529 g/mol. The largest absolute Gasteiger partial charge is 0.237 e. The summed E-state index contributed by atoms with van der Waals surface area (Å²) in [6.45, 7) is 4.40. The van der Waals surface area contributed by atoms with Crippen LogP contribution in [-0.4, -0.2) is 14.8 Å². The van der Waals surface area contributed by atoms with E-state index in [-0.39, 0.29) is 5.92 Å². The quantitative estimate of drug-likeness (QED) is 0.181. The van der Waals surface area contributed by atoms with E-state index >= 15 is 0 Å². The summed E-state index contributed by atoms with van der Waals surface area (Å²) in [4.78, 5) is 4.88. The minimum atomic E-state index is -0.660.